The van der Waals surface area contributed by atoms with Crippen molar-refractivity contribution in [3.05, 3.63) is 58.9 Å². The standard InChI is InChI=1S/C21H21N5O/c1-26-18(9-10-24-26)19-16(11-13-3-7-15(27-2)8-4-13)20(14-5-6-14)25-21(23)17(19)12-22/h3-4,7-10,14H,5-6,11H2,1-2H3,(H2,23,25). The van der Waals surface area contributed by atoms with Gasteiger partial charge in [0, 0.05) is 24.7 Å². The molecule has 2 heterocycles. The first-order valence-electron chi connectivity index (χ1n) is 8.96. The zero-order chi connectivity index (χ0) is 19.0. The zero-order valence-corrected chi connectivity index (χ0v) is 15.4. The van der Waals surface area contributed by atoms with E-state index in [-0.39, 0.29) is 0 Å². The number of ether oxygens (including phenoxy) is 1. The first kappa shape index (κ1) is 17.1. The summed E-state index contributed by atoms with van der Waals surface area (Å²) in [4.78, 5) is 4.64. The normalized spacial score (nSPS) is 13.4. The molecule has 6 nitrogen and oxygen atoms in total. The molecule has 4 rings (SSSR count). The molecule has 0 unspecified atom stereocenters. The molecule has 0 radical (unpaired) electrons. The van der Waals surface area contributed by atoms with Crippen LogP contribution in [-0.4, -0.2) is 21.9 Å². The number of nitrogens with zero attached hydrogens (tertiary/aromatic N) is 4. The number of hydrogen-bond donors (Lipinski definition) is 1. The molecule has 0 saturated heterocycles. The summed E-state index contributed by atoms with van der Waals surface area (Å²) >= 11 is 0. The molecule has 0 amide bonds. The van der Waals surface area contributed by atoms with Gasteiger partial charge in [0.2, 0.25) is 0 Å². The van der Waals surface area contributed by atoms with Crippen LogP contribution in [0.1, 0.15) is 41.1 Å². The smallest absolute Gasteiger partial charge is 0.142 e. The maximum Gasteiger partial charge on any atom is 0.142 e. The second-order valence-electron chi connectivity index (χ2n) is 6.86. The highest BCUT2D eigenvalue weighted by Crippen LogP contribution is 2.45. The van der Waals surface area contributed by atoms with Crippen molar-refractivity contribution in [2.24, 2.45) is 7.05 Å². The number of benzene rings is 1. The molecule has 6 heteroatoms. The van der Waals surface area contributed by atoms with Gasteiger partial charge in [0.1, 0.15) is 23.2 Å². The first-order chi connectivity index (χ1) is 13.1. The Morgan fingerprint density at radius 3 is 2.56 bits per heavy atom. The van der Waals surface area contributed by atoms with Gasteiger partial charge < -0.3 is 10.5 Å². The molecule has 1 aliphatic rings. The molecule has 1 aromatic carbocycles. The van der Waals surface area contributed by atoms with Gasteiger partial charge in [-0.25, -0.2) is 4.98 Å². The minimum absolute atomic E-state index is 0.300. The second-order valence-corrected chi connectivity index (χ2v) is 6.86. The highest BCUT2D eigenvalue weighted by molar-refractivity contribution is 5.78. The lowest BCUT2D eigenvalue weighted by Crippen LogP contribution is -2.10. The molecular formula is C21H21N5O. The summed E-state index contributed by atoms with van der Waals surface area (Å²) in [5.41, 5.74) is 11.5. The summed E-state index contributed by atoms with van der Waals surface area (Å²) in [5, 5.41) is 14.1. The summed E-state index contributed by atoms with van der Waals surface area (Å²) in [6, 6.07) is 12.2. The molecule has 2 aromatic heterocycles. The van der Waals surface area contributed by atoms with Crippen LogP contribution in [0.15, 0.2) is 36.5 Å². The fourth-order valence-electron chi connectivity index (χ4n) is 3.50. The van der Waals surface area contributed by atoms with Crippen LogP contribution < -0.4 is 10.5 Å². The molecule has 1 aliphatic carbocycles. The number of nitriles is 1. The van der Waals surface area contributed by atoms with Gasteiger partial charge in [-0.05, 0) is 48.6 Å². The van der Waals surface area contributed by atoms with E-state index < -0.39 is 0 Å². The third-order valence-corrected chi connectivity index (χ3v) is 5.05. The van der Waals surface area contributed by atoms with Gasteiger partial charge in [0.15, 0.2) is 0 Å². The van der Waals surface area contributed by atoms with Gasteiger partial charge >= 0.3 is 0 Å². The average Bonchev–Trinajstić information content (AvgIpc) is 3.44. The Morgan fingerprint density at radius 1 is 1.26 bits per heavy atom. The summed E-state index contributed by atoms with van der Waals surface area (Å²) < 4.78 is 7.04. The van der Waals surface area contributed by atoms with Crippen molar-refractivity contribution in [1.29, 1.82) is 5.26 Å². The lowest BCUT2D eigenvalue weighted by atomic mass is 9.91. The fraction of sp³-hybridized carbons (Fsp3) is 0.286. The van der Waals surface area contributed by atoms with E-state index >= 15 is 0 Å². The van der Waals surface area contributed by atoms with E-state index in [1.54, 1.807) is 18.0 Å². The monoisotopic (exact) mass is 359 g/mol. The maximum atomic E-state index is 9.78. The minimum atomic E-state index is 0.300. The Bertz CT molecular complexity index is 1030. The van der Waals surface area contributed by atoms with E-state index in [0.29, 0.717) is 23.7 Å². The minimum Gasteiger partial charge on any atom is -0.497 e. The Labute approximate surface area is 158 Å². The molecule has 2 N–H and O–H groups in total. The number of anilines is 1. The van der Waals surface area contributed by atoms with Crippen molar-refractivity contribution in [1.82, 2.24) is 14.8 Å². The Balaban J connectivity index is 1.92. The van der Waals surface area contributed by atoms with Gasteiger partial charge in [-0.15, -0.1) is 0 Å². The maximum absolute atomic E-state index is 9.78. The number of aromatic nitrogens is 3. The van der Waals surface area contributed by atoms with Crippen LogP contribution in [0.4, 0.5) is 5.82 Å². The van der Waals surface area contributed by atoms with E-state index in [1.165, 1.54) is 0 Å². The molecule has 136 valence electrons. The molecule has 27 heavy (non-hydrogen) atoms. The van der Waals surface area contributed by atoms with Crippen molar-refractivity contribution < 1.29 is 4.74 Å². The third kappa shape index (κ3) is 3.13. The predicted molar refractivity (Wildman–Crippen MR) is 103 cm³/mol. The molecule has 0 bridgehead atoms. The van der Waals surface area contributed by atoms with Crippen molar-refractivity contribution in [3.63, 3.8) is 0 Å². The van der Waals surface area contributed by atoms with Crippen LogP contribution in [0.3, 0.4) is 0 Å². The Kier molecular flexibility index (Phi) is 4.28. The molecule has 0 atom stereocenters. The predicted octanol–water partition coefficient (Wildman–Crippen LogP) is 3.41. The highest BCUT2D eigenvalue weighted by atomic mass is 16.5. The van der Waals surface area contributed by atoms with Gasteiger partial charge in [-0.2, -0.15) is 10.4 Å². The SMILES string of the molecule is COc1ccc(Cc2c(C3CC3)nc(N)c(C#N)c2-c2ccnn2C)cc1. The lowest BCUT2D eigenvalue weighted by molar-refractivity contribution is 0.414. The molecule has 1 saturated carbocycles. The fourth-order valence-corrected chi connectivity index (χ4v) is 3.50. The largest absolute Gasteiger partial charge is 0.497 e. The highest BCUT2D eigenvalue weighted by Gasteiger charge is 2.32. The van der Waals surface area contributed by atoms with Crippen molar-refractivity contribution >= 4 is 5.82 Å². The van der Waals surface area contributed by atoms with Crippen LogP contribution in [0.25, 0.3) is 11.3 Å². The molecular weight excluding hydrogens is 338 g/mol. The topological polar surface area (TPSA) is 89.8 Å². The van der Waals surface area contributed by atoms with Crippen molar-refractivity contribution in [3.8, 4) is 23.1 Å². The zero-order valence-electron chi connectivity index (χ0n) is 15.4. The summed E-state index contributed by atoms with van der Waals surface area (Å²) in [6.45, 7) is 0. The second kappa shape index (κ2) is 6.76. The number of aryl methyl sites for hydroxylation is 1. The van der Waals surface area contributed by atoms with Gasteiger partial charge in [0.25, 0.3) is 0 Å². The lowest BCUT2D eigenvalue weighted by Gasteiger charge is -2.18. The number of nitrogens with two attached hydrogens (primary N) is 1. The molecule has 0 spiro atoms. The van der Waals surface area contributed by atoms with Gasteiger partial charge in [-0.1, -0.05) is 12.1 Å². The average molecular weight is 359 g/mol. The third-order valence-electron chi connectivity index (χ3n) is 5.05. The molecule has 3 aromatic rings. The number of pyridine rings is 1. The Morgan fingerprint density at radius 2 is 2.00 bits per heavy atom. The number of rotatable bonds is 5. The quantitative estimate of drug-likeness (QED) is 0.754. The van der Waals surface area contributed by atoms with E-state index in [4.69, 9.17) is 10.5 Å². The van der Waals surface area contributed by atoms with E-state index in [9.17, 15) is 5.26 Å². The summed E-state index contributed by atoms with van der Waals surface area (Å²) in [6.07, 6.45) is 4.64. The van der Waals surface area contributed by atoms with Crippen molar-refractivity contribution in [2.45, 2.75) is 25.2 Å². The van der Waals surface area contributed by atoms with E-state index in [1.807, 2.05) is 37.4 Å². The van der Waals surface area contributed by atoms with Crippen LogP contribution in [0.2, 0.25) is 0 Å². The van der Waals surface area contributed by atoms with Crippen LogP contribution in [0, 0.1) is 11.3 Å². The number of nitrogen functional groups attached to an aromatic ring is 1. The van der Waals surface area contributed by atoms with Gasteiger partial charge in [0.05, 0.1) is 18.5 Å². The summed E-state index contributed by atoms with van der Waals surface area (Å²) in [7, 11) is 3.53. The van der Waals surface area contributed by atoms with Crippen LogP contribution >= 0.6 is 0 Å². The van der Waals surface area contributed by atoms with Gasteiger partial charge in [-0.3, -0.25) is 4.68 Å². The number of methoxy groups -OCH3 is 1. The van der Waals surface area contributed by atoms with E-state index in [2.05, 4.69) is 16.2 Å². The summed E-state index contributed by atoms with van der Waals surface area (Å²) in [5.74, 6) is 1.54. The van der Waals surface area contributed by atoms with E-state index in [0.717, 1.165) is 46.7 Å². The first-order valence-corrected chi connectivity index (χ1v) is 8.96. The number of hydrogen-bond acceptors (Lipinski definition) is 5. The molecule has 0 aliphatic heterocycles. The van der Waals surface area contributed by atoms with Crippen LogP contribution in [0.5, 0.6) is 5.75 Å². The Hall–Kier alpha value is -3.33. The van der Waals surface area contributed by atoms with Crippen molar-refractivity contribution in [2.75, 3.05) is 12.8 Å². The molecule has 1 fully saturated rings. The van der Waals surface area contributed by atoms with Crippen LogP contribution in [-0.2, 0) is 13.5 Å².